The van der Waals surface area contributed by atoms with Gasteiger partial charge in [0.25, 0.3) is 5.91 Å². The number of benzene rings is 3. The van der Waals surface area contributed by atoms with Gasteiger partial charge < -0.3 is 20.1 Å². The van der Waals surface area contributed by atoms with Gasteiger partial charge in [-0.3, -0.25) is 9.59 Å². The van der Waals surface area contributed by atoms with Crippen LogP contribution >= 0.6 is 23.1 Å². The number of carbonyl (C=O) groups is 2. The van der Waals surface area contributed by atoms with E-state index in [1.165, 1.54) is 30.2 Å². The zero-order valence-corrected chi connectivity index (χ0v) is 21.7. The maximum Gasteiger partial charge on any atom is 0.255 e. The average Bonchev–Trinajstić information content (AvgIpc) is 3.27. The van der Waals surface area contributed by atoms with Gasteiger partial charge in [0.2, 0.25) is 5.91 Å². The van der Waals surface area contributed by atoms with Gasteiger partial charge in [0, 0.05) is 26.6 Å². The van der Waals surface area contributed by atoms with Crippen molar-refractivity contribution in [2.75, 3.05) is 30.6 Å². The number of aromatic nitrogens is 1. The Bertz CT molecular complexity index is 1370. The van der Waals surface area contributed by atoms with E-state index in [4.69, 9.17) is 9.47 Å². The summed E-state index contributed by atoms with van der Waals surface area (Å²) in [6.45, 7) is 1.99. The summed E-state index contributed by atoms with van der Waals surface area (Å²) in [7, 11) is 3.06. The molecule has 0 radical (unpaired) electrons. The van der Waals surface area contributed by atoms with Crippen LogP contribution in [0.25, 0.3) is 11.3 Å². The maximum atomic E-state index is 12.7. The highest BCUT2D eigenvalue weighted by Gasteiger charge is 2.14. The van der Waals surface area contributed by atoms with Crippen LogP contribution in [0, 0.1) is 6.92 Å². The Labute approximate surface area is 217 Å². The van der Waals surface area contributed by atoms with Crippen molar-refractivity contribution in [3.63, 3.8) is 0 Å². The van der Waals surface area contributed by atoms with Crippen molar-refractivity contribution in [2.45, 2.75) is 11.8 Å². The number of ether oxygens (including phenoxy) is 2. The van der Waals surface area contributed by atoms with Gasteiger partial charge in [-0.15, -0.1) is 23.1 Å². The first-order chi connectivity index (χ1) is 17.5. The fraction of sp³-hybridized carbons (Fsp3) is 0.148. The van der Waals surface area contributed by atoms with Gasteiger partial charge in [0.1, 0.15) is 0 Å². The largest absolute Gasteiger partial charge is 0.493 e. The SMILES string of the molecule is COc1ccc(C(=O)Nc2cccc(SCC(=O)Nc3nc(-c4ccccc4)c(C)s3)c2)cc1OC. The minimum atomic E-state index is -0.274. The lowest BCUT2D eigenvalue weighted by Crippen LogP contribution is -2.14. The summed E-state index contributed by atoms with van der Waals surface area (Å²) in [5.74, 6) is 0.825. The Balaban J connectivity index is 1.34. The van der Waals surface area contributed by atoms with Crippen molar-refractivity contribution in [1.82, 2.24) is 4.98 Å². The molecule has 3 aromatic carbocycles. The number of nitrogens with one attached hydrogen (secondary N) is 2. The molecular weight excluding hydrogens is 494 g/mol. The molecule has 0 aliphatic heterocycles. The number of nitrogens with zero attached hydrogens (tertiary/aromatic N) is 1. The molecule has 1 heterocycles. The van der Waals surface area contributed by atoms with E-state index in [9.17, 15) is 9.59 Å². The third-order valence-electron chi connectivity index (χ3n) is 5.20. The lowest BCUT2D eigenvalue weighted by molar-refractivity contribution is -0.113. The molecule has 4 aromatic rings. The van der Waals surface area contributed by atoms with Crippen LogP contribution in [0.4, 0.5) is 10.8 Å². The summed E-state index contributed by atoms with van der Waals surface area (Å²) < 4.78 is 10.5. The second kappa shape index (κ2) is 11.7. The fourth-order valence-corrected chi connectivity index (χ4v) is 5.07. The van der Waals surface area contributed by atoms with Crippen LogP contribution in [-0.2, 0) is 4.79 Å². The van der Waals surface area contributed by atoms with Crippen LogP contribution < -0.4 is 20.1 Å². The summed E-state index contributed by atoms with van der Waals surface area (Å²) in [6, 6.07) is 22.2. The van der Waals surface area contributed by atoms with Gasteiger partial charge in [-0.1, -0.05) is 36.4 Å². The molecule has 2 amide bonds. The number of carbonyl (C=O) groups excluding carboxylic acids is 2. The van der Waals surface area contributed by atoms with Crippen molar-refractivity contribution < 1.29 is 19.1 Å². The topological polar surface area (TPSA) is 89.5 Å². The van der Waals surface area contributed by atoms with Gasteiger partial charge >= 0.3 is 0 Å². The maximum absolute atomic E-state index is 12.7. The lowest BCUT2D eigenvalue weighted by atomic mass is 10.1. The Morgan fingerprint density at radius 3 is 2.44 bits per heavy atom. The highest BCUT2D eigenvalue weighted by atomic mass is 32.2. The molecule has 0 aliphatic carbocycles. The van der Waals surface area contributed by atoms with Crippen molar-refractivity contribution >= 4 is 45.7 Å². The Hall–Kier alpha value is -3.82. The average molecular weight is 520 g/mol. The van der Waals surface area contributed by atoms with Crippen molar-refractivity contribution in [3.05, 3.63) is 83.2 Å². The molecule has 0 aliphatic rings. The standard InChI is InChI=1S/C27H25N3O4S2/c1-17-25(18-8-5-4-6-9-18)30-27(36-17)29-24(31)16-35-21-11-7-10-20(15-21)28-26(32)19-12-13-22(33-2)23(14-19)34-3/h4-15H,16H2,1-3H3,(H,28,32)(H,29,30,31). The van der Waals surface area contributed by atoms with Crippen LogP contribution in [0.3, 0.4) is 0 Å². The third kappa shape index (κ3) is 6.24. The van der Waals surface area contributed by atoms with Crippen molar-refractivity contribution in [1.29, 1.82) is 0 Å². The van der Waals surface area contributed by atoms with Gasteiger partial charge in [-0.25, -0.2) is 4.98 Å². The van der Waals surface area contributed by atoms with Crippen LogP contribution in [0.1, 0.15) is 15.2 Å². The number of thiazole rings is 1. The number of aryl methyl sites for hydroxylation is 1. The predicted octanol–water partition coefficient (Wildman–Crippen LogP) is 6.12. The quantitative estimate of drug-likeness (QED) is 0.259. The molecule has 184 valence electrons. The molecule has 0 atom stereocenters. The van der Waals surface area contributed by atoms with Crippen molar-refractivity contribution in [2.24, 2.45) is 0 Å². The molecule has 2 N–H and O–H groups in total. The van der Waals surface area contributed by atoms with E-state index in [0.29, 0.717) is 27.9 Å². The summed E-state index contributed by atoms with van der Waals surface area (Å²) in [4.78, 5) is 31.7. The fourth-order valence-electron chi connectivity index (χ4n) is 3.46. The number of hydrogen-bond donors (Lipinski definition) is 2. The zero-order valence-electron chi connectivity index (χ0n) is 20.0. The minimum absolute atomic E-state index is 0.145. The molecule has 0 bridgehead atoms. The predicted molar refractivity (Wildman–Crippen MR) is 146 cm³/mol. The van der Waals surface area contributed by atoms with E-state index in [1.807, 2.05) is 55.5 Å². The van der Waals surface area contributed by atoms with E-state index < -0.39 is 0 Å². The number of rotatable bonds is 9. The highest BCUT2D eigenvalue weighted by molar-refractivity contribution is 8.00. The molecule has 4 rings (SSSR count). The lowest BCUT2D eigenvalue weighted by Gasteiger charge is -2.10. The third-order valence-corrected chi connectivity index (χ3v) is 7.08. The normalized spacial score (nSPS) is 10.5. The molecule has 9 heteroatoms. The molecule has 0 spiro atoms. The Kier molecular flexibility index (Phi) is 8.24. The summed E-state index contributed by atoms with van der Waals surface area (Å²) in [5, 5.41) is 6.35. The first-order valence-corrected chi connectivity index (χ1v) is 12.9. The van der Waals surface area contributed by atoms with Crippen LogP contribution in [0.2, 0.25) is 0 Å². The van der Waals surface area contributed by atoms with E-state index in [0.717, 1.165) is 21.0 Å². The minimum Gasteiger partial charge on any atom is -0.493 e. The number of anilines is 2. The summed E-state index contributed by atoms with van der Waals surface area (Å²) >= 11 is 2.83. The number of hydrogen-bond acceptors (Lipinski definition) is 7. The van der Waals surface area contributed by atoms with Gasteiger partial charge in [0.15, 0.2) is 16.6 Å². The first-order valence-electron chi connectivity index (χ1n) is 11.1. The van der Waals surface area contributed by atoms with Gasteiger partial charge in [-0.2, -0.15) is 0 Å². The molecule has 7 nitrogen and oxygen atoms in total. The highest BCUT2D eigenvalue weighted by Crippen LogP contribution is 2.31. The molecule has 1 aromatic heterocycles. The molecule has 0 unspecified atom stereocenters. The molecular formula is C27H25N3O4S2. The zero-order chi connectivity index (χ0) is 25.5. The summed E-state index contributed by atoms with van der Waals surface area (Å²) in [6.07, 6.45) is 0. The number of amides is 2. The summed E-state index contributed by atoms with van der Waals surface area (Å²) in [5.41, 5.74) is 2.97. The van der Waals surface area contributed by atoms with Crippen LogP contribution in [0.5, 0.6) is 11.5 Å². The molecule has 36 heavy (non-hydrogen) atoms. The van der Waals surface area contributed by atoms with Crippen LogP contribution in [0.15, 0.2) is 77.7 Å². The Morgan fingerprint density at radius 1 is 0.917 bits per heavy atom. The Morgan fingerprint density at radius 2 is 1.69 bits per heavy atom. The second-order valence-corrected chi connectivity index (χ2v) is 9.93. The van der Waals surface area contributed by atoms with E-state index in [2.05, 4.69) is 15.6 Å². The van der Waals surface area contributed by atoms with Gasteiger partial charge in [0.05, 0.1) is 25.7 Å². The van der Waals surface area contributed by atoms with Crippen molar-refractivity contribution in [3.8, 4) is 22.8 Å². The molecule has 0 saturated carbocycles. The van der Waals surface area contributed by atoms with Crippen LogP contribution in [-0.4, -0.2) is 36.8 Å². The van der Waals surface area contributed by atoms with E-state index in [-0.39, 0.29) is 17.6 Å². The second-order valence-electron chi connectivity index (χ2n) is 7.68. The smallest absolute Gasteiger partial charge is 0.255 e. The molecule has 0 saturated heterocycles. The number of methoxy groups -OCH3 is 2. The first kappa shape index (κ1) is 25.3. The monoisotopic (exact) mass is 519 g/mol. The van der Waals surface area contributed by atoms with E-state index in [1.54, 1.807) is 31.4 Å². The van der Waals surface area contributed by atoms with Gasteiger partial charge in [-0.05, 0) is 43.3 Å². The molecule has 0 fully saturated rings. The van der Waals surface area contributed by atoms with E-state index >= 15 is 0 Å². The number of thioether (sulfide) groups is 1.